The lowest BCUT2D eigenvalue weighted by Gasteiger charge is -2.09. The van der Waals surface area contributed by atoms with E-state index in [2.05, 4.69) is 24.1 Å². The number of nitrogen functional groups attached to an aromatic ring is 1. The van der Waals surface area contributed by atoms with Gasteiger partial charge in [0.2, 0.25) is 0 Å². The van der Waals surface area contributed by atoms with E-state index >= 15 is 0 Å². The molecule has 0 aliphatic carbocycles. The largest absolute Gasteiger partial charge is 0.396 e. The zero-order valence-corrected chi connectivity index (χ0v) is 10.2. The third-order valence-electron chi connectivity index (χ3n) is 2.04. The number of anilines is 2. The Labute approximate surface area is 102 Å². The maximum absolute atomic E-state index is 8.66. The van der Waals surface area contributed by atoms with Crippen LogP contribution in [0.3, 0.4) is 0 Å². The van der Waals surface area contributed by atoms with Gasteiger partial charge in [0.25, 0.3) is 0 Å². The van der Waals surface area contributed by atoms with E-state index in [1.807, 2.05) is 6.07 Å². The molecule has 1 aromatic heterocycles. The maximum Gasteiger partial charge on any atom is 0.149 e. The summed E-state index contributed by atoms with van der Waals surface area (Å²) in [6, 6.07) is 3.59. The summed E-state index contributed by atoms with van der Waals surface area (Å²) in [6.45, 7) is 6.22. The summed E-state index contributed by atoms with van der Waals surface area (Å²) in [4.78, 5) is 4.07. The number of aromatic nitrogens is 1. The van der Waals surface area contributed by atoms with Crippen molar-refractivity contribution < 1.29 is 4.74 Å². The SMILES string of the molecule is CC(C)COCCNc1ncc(C#N)cc1N. The van der Waals surface area contributed by atoms with Crippen LogP contribution >= 0.6 is 0 Å². The zero-order valence-electron chi connectivity index (χ0n) is 10.2. The molecule has 0 aliphatic rings. The van der Waals surface area contributed by atoms with Crippen LogP contribution in [0.4, 0.5) is 11.5 Å². The molecule has 0 radical (unpaired) electrons. The van der Waals surface area contributed by atoms with Crippen molar-refractivity contribution in [1.82, 2.24) is 4.98 Å². The Hall–Kier alpha value is -1.80. The van der Waals surface area contributed by atoms with E-state index in [-0.39, 0.29) is 0 Å². The summed E-state index contributed by atoms with van der Waals surface area (Å²) in [5.41, 5.74) is 6.68. The van der Waals surface area contributed by atoms with Gasteiger partial charge >= 0.3 is 0 Å². The number of nitrogens with one attached hydrogen (secondary N) is 1. The lowest BCUT2D eigenvalue weighted by atomic mass is 10.2. The molecule has 1 rings (SSSR count). The zero-order chi connectivity index (χ0) is 12.7. The highest BCUT2D eigenvalue weighted by Gasteiger charge is 2.01. The van der Waals surface area contributed by atoms with Gasteiger partial charge in [0.1, 0.15) is 11.9 Å². The smallest absolute Gasteiger partial charge is 0.149 e. The highest BCUT2D eigenvalue weighted by atomic mass is 16.5. The van der Waals surface area contributed by atoms with Gasteiger partial charge in [0, 0.05) is 19.3 Å². The van der Waals surface area contributed by atoms with Crippen LogP contribution in [0.2, 0.25) is 0 Å². The summed E-state index contributed by atoms with van der Waals surface area (Å²) in [7, 11) is 0. The average Bonchev–Trinajstić information content (AvgIpc) is 2.30. The molecule has 1 aromatic rings. The normalized spacial score (nSPS) is 10.2. The van der Waals surface area contributed by atoms with E-state index in [0.29, 0.717) is 36.1 Å². The molecule has 0 fully saturated rings. The van der Waals surface area contributed by atoms with Gasteiger partial charge in [-0.25, -0.2) is 4.98 Å². The molecule has 1 heterocycles. The Bertz CT molecular complexity index is 398. The Morgan fingerprint density at radius 1 is 1.59 bits per heavy atom. The third kappa shape index (κ3) is 4.70. The van der Waals surface area contributed by atoms with Crippen molar-refractivity contribution >= 4 is 11.5 Å². The Morgan fingerprint density at radius 3 is 2.94 bits per heavy atom. The van der Waals surface area contributed by atoms with Crippen LogP contribution in [0.5, 0.6) is 0 Å². The van der Waals surface area contributed by atoms with E-state index in [9.17, 15) is 0 Å². The minimum Gasteiger partial charge on any atom is -0.396 e. The monoisotopic (exact) mass is 234 g/mol. The molecule has 0 atom stereocenters. The van der Waals surface area contributed by atoms with E-state index in [4.69, 9.17) is 15.7 Å². The van der Waals surface area contributed by atoms with Crippen molar-refractivity contribution in [3.05, 3.63) is 17.8 Å². The second kappa shape index (κ2) is 6.71. The first-order valence-corrected chi connectivity index (χ1v) is 5.60. The van der Waals surface area contributed by atoms with Gasteiger partial charge in [0.15, 0.2) is 0 Å². The van der Waals surface area contributed by atoms with Gasteiger partial charge in [-0.2, -0.15) is 5.26 Å². The van der Waals surface area contributed by atoms with Gasteiger partial charge in [0.05, 0.1) is 17.9 Å². The molecule has 5 nitrogen and oxygen atoms in total. The minimum absolute atomic E-state index is 0.462. The number of nitrogens with two attached hydrogens (primary N) is 1. The molecule has 17 heavy (non-hydrogen) atoms. The number of hydrogen-bond acceptors (Lipinski definition) is 5. The van der Waals surface area contributed by atoms with Crippen LogP contribution in [-0.4, -0.2) is 24.7 Å². The molecular formula is C12H18N4O. The summed E-state index contributed by atoms with van der Waals surface area (Å²) < 4.78 is 5.42. The molecule has 0 amide bonds. The van der Waals surface area contributed by atoms with Crippen molar-refractivity contribution in [3.8, 4) is 6.07 Å². The number of nitriles is 1. The van der Waals surface area contributed by atoms with Crippen molar-refractivity contribution in [2.24, 2.45) is 5.92 Å². The first-order valence-electron chi connectivity index (χ1n) is 5.60. The van der Waals surface area contributed by atoms with Crippen molar-refractivity contribution in [2.45, 2.75) is 13.8 Å². The fraction of sp³-hybridized carbons (Fsp3) is 0.500. The lowest BCUT2D eigenvalue weighted by molar-refractivity contribution is 0.118. The van der Waals surface area contributed by atoms with Crippen LogP contribution in [-0.2, 0) is 4.74 Å². The standard InChI is InChI=1S/C12H18N4O/c1-9(2)8-17-4-3-15-12-11(14)5-10(6-13)7-16-12/h5,7,9H,3-4,8,14H2,1-2H3,(H,15,16). The summed E-state index contributed by atoms with van der Waals surface area (Å²) >= 11 is 0. The second-order valence-electron chi connectivity index (χ2n) is 4.17. The number of nitrogens with zero attached hydrogens (tertiary/aromatic N) is 2. The van der Waals surface area contributed by atoms with Gasteiger partial charge in [-0.3, -0.25) is 0 Å². The van der Waals surface area contributed by atoms with E-state index in [1.165, 1.54) is 6.20 Å². The molecule has 0 spiro atoms. The Kier molecular flexibility index (Phi) is 5.24. The fourth-order valence-corrected chi connectivity index (χ4v) is 1.25. The van der Waals surface area contributed by atoms with Crippen LogP contribution in [0.1, 0.15) is 19.4 Å². The molecule has 0 bridgehead atoms. The summed E-state index contributed by atoms with van der Waals surface area (Å²) in [5.74, 6) is 1.13. The number of pyridine rings is 1. The van der Waals surface area contributed by atoms with Crippen LogP contribution in [0, 0.1) is 17.2 Å². The number of ether oxygens (including phenoxy) is 1. The van der Waals surface area contributed by atoms with Gasteiger partial charge in [-0.1, -0.05) is 13.8 Å². The molecule has 0 saturated heterocycles. The highest BCUT2D eigenvalue weighted by molar-refractivity contribution is 5.62. The summed E-state index contributed by atoms with van der Waals surface area (Å²) in [6.07, 6.45) is 1.49. The Balaban J connectivity index is 2.35. The van der Waals surface area contributed by atoms with Gasteiger partial charge in [-0.05, 0) is 12.0 Å². The van der Waals surface area contributed by atoms with Crippen LogP contribution in [0.15, 0.2) is 12.3 Å². The van der Waals surface area contributed by atoms with Crippen molar-refractivity contribution in [2.75, 3.05) is 30.8 Å². The van der Waals surface area contributed by atoms with Gasteiger partial charge in [-0.15, -0.1) is 0 Å². The molecule has 0 saturated carbocycles. The number of hydrogen-bond donors (Lipinski definition) is 2. The minimum atomic E-state index is 0.462. The summed E-state index contributed by atoms with van der Waals surface area (Å²) in [5, 5.41) is 11.7. The topological polar surface area (TPSA) is 84.0 Å². The average molecular weight is 234 g/mol. The van der Waals surface area contributed by atoms with Crippen molar-refractivity contribution in [3.63, 3.8) is 0 Å². The van der Waals surface area contributed by atoms with E-state index in [0.717, 1.165) is 6.61 Å². The maximum atomic E-state index is 8.66. The molecule has 3 N–H and O–H groups in total. The van der Waals surface area contributed by atoms with E-state index in [1.54, 1.807) is 6.07 Å². The Morgan fingerprint density at radius 2 is 2.35 bits per heavy atom. The predicted molar refractivity (Wildman–Crippen MR) is 67.5 cm³/mol. The molecule has 0 aromatic carbocycles. The quantitative estimate of drug-likeness (QED) is 0.731. The first kappa shape index (κ1) is 13.3. The van der Waals surface area contributed by atoms with Crippen molar-refractivity contribution in [1.29, 1.82) is 5.26 Å². The van der Waals surface area contributed by atoms with Gasteiger partial charge < -0.3 is 15.8 Å². The molecule has 5 heteroatoms. The molecule has 0 unspecified atom stereocenters. The first-order chi connectivity index (χ1) is 8.13. The highest BCUT2D eigenvalue weighted by Crippen LogP contribution is 2.15. The lowest BCUT2D eigenvalue weighted by Crippen LogP contribution is -2.13. The molecule has 92 valence electrons. The van der Waals surface area contributed by atoms with E-state index < -0.39 is 0 Å². The number of rotatable bonds is 6. The van der Waals surface area contributed by atoms with Crippen LogP contribution < -0.4 is 11.1 Å². The second-order valence-corrected chi connectivity index (χ2v) is 4.17. The predicted octanol–water partition coefficient (Wildman–Crippen LogP) is 1.62. The molecular weight excluding hydrogens is 216 g/mol. The fourth-order valence-electron chi connectivity index (χ4n) is 1.25. The molecule has 0 aliphatic heterocycles. The van der Waals surface area contributed by atoms with Crippen LogP contribution in [0.25, 0.3) is 0 Å². The third-order valence-corrected chi connectivity index (χ3v) is 2.04.